The van der Waals surface area contributed by atoms with Crippen LogP contribution in [-0.4, -0.2) is 37.2 Å². The number of rotatable bonds is 57. The largest absolute Gasteiger partial charge is 0.462 e. The smallest absolute Gasteiger partial charge is 0.306 e. The van der Waals surface area contributed by atoms with Crippen LogP contribution in [0.4, 0.5) is 0 Å². The number of carbonyl (C=O) groups is 3. The van der Waals surface area contributed by atoms with Crippen molar-refractivity contribution in [3.8, 4) is 0 Å². The Kier molecular flexibility index (Phi) is 60.3. The van der Waals surface area contributed by atoms with Gasteiger partial charge in [0.05, 0.1) is 0 Å². The van der Waals surface area contributed by atoms with Gasteiger partial charge >= 0.3 is 17.9 Å². The number of hydrogen-bond acceptors (Lipinski definition) is 6. The van der Waals surface area contributed by atoms with Crippen molar-refractivity contribution in [1.29, 1.82) is 0 Å². The zero-order valence-corrected chi connectivity index (χ0v) is 49.7. The highest BCUT2D eigenvalue weighted by Gasteiger charge is 2.19. The summed E-state index contributed by atoms with van der Waals surface area (Å²) in [6, 6.07) is 0. The number of unbranched alkanes of at least 4 members (excludes halogenated alkanes) is 28. The van der Waals surface area contributed by atoms with E-state index in [9.17, 15) is 14.4 Å². The molecule has 0 spiro atoms. The van der Waals surface area contributed by atoms with Crippen molar-refractivity contribution in [1.82, 2.24) is 0 Å². The zero-order valence-electron chi connectivity index (χ0n) is 49.7. The molecule has 0 aliphatic rings. The van der Waals surface area contributed by atoms with Gasteiger partial charge in [-0.15, -0.1) is 0 Å². The summed E-state index contributed by atoms with van der Waals surface area (Å²) in [5.74, 6) is -0.898. The summed E-state index contributed by atoms with van der Waals surface area (Å²) in [6.45, 7) is 6.41. The number of allylic oxidation sites excluding steroid dienone is 18. The van der Waals surface area contributed by atoms with E-state index >= 15 is 0 Å². The lowest BCUT2D eigenvalue weighted by Gasteiger charge is -2.18. The zero-order chi connectivity index (χ0) is 55.0. The van der Waals surface area contributed by atoms with Crippen LogP contribution < -0.4 is 0 Å². The Morgan fingerprint density at radius 2 is 0.513 bits per heavy atom. The molecule has 0 heterocycles. The van der Waals surface area contributed by atoms with Crippen molar-refractivity contribution in [3.63, 3.8) is 0 Å². The summed E-state index contributed by atoms with van der Waals surface area (Å²) in [7, 11) is 0. The van der Waals surface area contributed by atoms with E-state index < -0.39 is 6.10 Å². The van der Waals surface area contributed by atoms with E-state index in [0.29, 0.717) is 19.3 Å². The summed E-state index contributed by atoms with van der Waals surface area (Å²) < 4.78 is 16.9. The molecule has 434 valence electrons. The minimum Gasteiger partial charge on any atom is -0.462 e. The van der Waals surface area contributed by atoms with Gasteiger partial charge in [0.15, 0.2) is 6.10 Å². The normalized spacial score (nSPS) is 12.8. The Morgan fingerprint density at radius 3 is 0.803 bits per heavy atom. The first-order chi connectivity index (χ1) is 37.5. The number of esters is 3. The van der Waals surface area contributed by atoms with Gasteiger partial charge in [0.25, 0.3) is 0 Å². The number of carbonyl (C=O) groups excluding carboxylic acids is 3. The molecular formula is C70H118O6. The van der Waals surface area contributed by atoms with Crippen LogP contribution in [0, 0.1) is 0 Å². The molecule has 0 saturated heterocycles. The van der Waals surface area contributed by atoms with Crippen molar-refractivity contribution in [2.45, 2.75) is 303 Å². The van der Waals surface area contributed by atoms with Crippen LogP contribution in [0.25, 0.3) is 0 Å². The van der Waals surface area contributed by atoms with Gasteiger partial charge in [-0.3, -0.25) is 14.4 Å². The summed E-state index contributed by atoms with van der Waals surface area (Å²) in [4.78, 5) is 38.3. The monoisotopic (exact) mass is 1050 g/mol. The average molecular weight is 1060 g/mol. The first kappa shape index (κ1) is 72.1. The Labute approximate surface area is 470 Å². The lowest BCUT2D eigenvalue weighted by molar-refractivity contribution is -0.167. The third kappa shape index (κ3) is 60.9. The Morgan fingerprint density at radius 1 is 0.276 bits per heavy atom. The quantitative estimate of drug-likeness (QED) is 0.0261. The standard InChI is InChI=1S/C70H118O6/c1-4-7-10-13-16-19-22-25-27-29-31-33-34-35-36-38-39-41-43-45-48-51-54-57-60-63-69(72)75-66-67(65-74-68(71)62-59-56-53-50-47-24-21-18-15-12-9-6-3)76-70(73)64-61-58-55-52-49-46-44-42-40-37-32-30-28-26-23-20-17-14-11-8-5-2/h7-8,10-11,16-17,19-20,25-28,31-33,37,42,44,67H,4-6,9,12-15,18,21-24,29-30,34-36,38-41,43,45-66H2,1-3H3/b10-7-,11-8-,19-16-,20-17-,27-25-,28-26-,33-31-,37-32-,44-42-. The van der Waals surface area contributed by atoms with Crippen LogP contribution >= 0.6 is 0 Å². The molecule has 0 rings (SSSR count). The number of ether oxygens (including phenoxy) is 3. The fourth-order valence-electron chi connectivity index (χ4n) is 8.81. The van der Waals surface area contributed by atoms with Crippen LogP contribution in [0.1, 0.15) is 297 Å². The average Bonchev–Trinajstić information content (AvgIpc) is 3.42. The van der Waals surface area contributed by atoms with E-state index in [4.69, 9.17) is 14.2 Å². The van der Waals surface area contributed by atoms with Crippen LogP contribution in [-0.2, 0) is 28.6 Å². The molecule has 0 aliphatic carbocycles. The van der Waals surface area contributed by atoms with Crippen molar-refractivity contribution < 1.29 is 28.6 Å². The lowest BCUT2D eigenvalue weighted by atomic mass is 10.0. The SMILES string of the molecule is CC/C=C\C/C=C\C/C=C\C/C=C\C/C=C\CCCCCCCC(=O)OC(COC(=O)CCCCCCCCCCCCCC)COC(=O)CCCCCCCCCCCCCC/C=C\C/C=C\C/C=C\C/C=C\CC. The Hall–Kier alpha value is -3.93. The molecule has 0 saturated carbocycles. The second kappa shape index (κ2) is 63.6. The van der Waals surface area contributed by atoms with Gasteiger partial charge in [0.1, 0.15) is 13.2 Å². The van der Waals surface area contributed by atoms with Gasteiger partial charge in [0.2, 0.25) is 0 Å². The van der Waals surface area contributed by atoms with E-state index in [0.717, 1.165) is 135 Å². The highest BCUT2D eigenvalue weighted by atomic mass is 16.6. The molecule has 1 unspecified atom stereocenters. The molecule has 6 heteroatoms. The minimum absolute atomic E-state index is 0.0847. The van der Waals surface area contributed by atoms with Gasteiger partial charge < -0.3 is 14.2 Å². The minimum atomic E-state index is -0.790. The molecule has 6 nitrogen and oxygen atoms in total. The van der Waals surface area contributed by atoms with E-state index in [1.165, 1.54) is 122 Å². The van der Waals surface area contributed by atoms with E-state index in [1.807, 2.05) is 0 Å². The highest BCUT2D eigenvalue weighted by molar-refractivity contribution is 5.71. The molecule has 0 aromatic heterocycles. The van der Waals surface area contributed by atoms with Crippen LogP contribution in [0.2, 0.25) is 0 Å². The van der Waals surface area contributed by atoms with Crippen LogP contribution in [0.15, 0.2) is 109 Å². The molecule has 0 N–H and O–H groups in total. The second-order valence-corrected chi connectivity index (χ2v) is 20.9. The summed E-state index contributed by atoms with van der Waals surface area (Å²) in [5.41, 5.74) is 0. The molecule has 0 aromatic carbocycles. The molecule has 0 fully saturated rings. The van der Waals surface area contributed by atoms with Gasteiger partial charge in [-0.25, -0.2) is 0 Å². The van der Waals surface area contributed by atoms with Gasteiger partial charge in [-0.2, -0.15) is 0 Å². The third-order valence-electron chi connectivity index (χ3n) is 13.5. The van der Waals surface area contributed by atoms with Crippen molar-refractivity contribution >= 4 is 17.9 Å². The fourth-order valence-corrected chi connectivity index (χ4v) is 8.81. The first-order valence-corrected chi connectivity index (χ1v) is 31.9. The van der Waals surface area contributed by atoms with E-state index in [1.54, 1.807) is 0 Å². The predicted molar refractivity (Wildman–Crippen MR) is 330 cm³/mol. The van der Waals surface area contributed by atoms with Gasteiger partial charge in [-0.05, 0) is 103 Å². The maximum Gasteiger partial charge on any atom is 0.306 e. The summed E-state index contributed by atoms with van der Waals surface area (Å²) in [6.07, 6.45) is 86.6. The Bertz CT molecular complexity index is 1540. The van der Waals surface area contributed by atoms with Crippen molar-refractivity contribution in [3.05, 3.63) is 109 Å². The topological polar surface area (TPSA) is 78.9 Å². The van der Waals surface area contributed by atoms with Crippen LogP contribution in [0.3, 0.4) is 0 Å². The highest BCUT2D eigenvalue weighted by Crippen LogP contribution is 2.16. The lowest BCUT2D eigenvalue weighted by Crippen LogP contribution is -2.30. The Balaban J connectivity index is 4.34. The molecule has 0 bridgehead atoms. The van der Waals surface area contributed by atoms with Crippen LogP contribution in [0.5, 0.6) is 0 Å². The van der Waals surface area contributed by atoms with Crippen molar-refractivity contribution in [2.75, 3.05) is 13.2 Å². The van der Waals surface area contributed by atoms with E-state index in [-0.39, 0.29) is 31.1 Å². The van der Waals surface area contributed by atoms with Gasteiger partial charge in [-0.1, -0.05) is 284 Å². The van der Waals surface area contributed by atoms with Gasteiger partial charge in [0, 0.05) is 19.3 Å². The molecule has 0 radical (unpaired) electrons. The second-order valence-electron chi connectivity index (χ2n) is 20.9. The van der Waals surface area contributed by atoms with Crippen molar-refractivity contribution in [2.24, 2.45) is 0 Å². The molecule has 0 aromatic rings. The summed E-state index contributed by atoms with van der Waals surface area (Å²) >= 11 is 0. The first-order valence-electron chi connectivity index (χ1n) is 31.9. The molecule has 1 atom stereocenters. The summed E-state index contributed by atoms with van der Waals surface area (Å²) in [5, 5.41) is 0. The molecular weight excluding hydrogens is 937 g/mol. The molecule has 76 heavy (non-hydrogen) atoms. The maximum atomic E-state index is 12.9. The number of hydrogen-bond donors (Lipinski definition) is 0. The molecule has 0 amide bonds. The third-order valence-corrected chi connectivity index (χ3v) is 13.5. The predicted octanol–water partition coefficient (Wildman–Crippen LogP) is 21.8. The van der Waals surface area contributed by atoms with E-state index in [2.05, 4.69) is 130 Å². The maximum absolute atomic E-state index is 12.9. The fraction of sp³-hybridized carbons (Fsp3) is 0.700. The molecule has 0 aliphatic heterocycles.